The van der Waals surface area contributed by atoms with E-state index >= 15 is 0 Å². The molecule has 0 saturated carbocycles. The van der Waals surface area contributed by atoms with Gasteiger partial charge in [-0.15, -0.1) is 0 Å². The molecule has 1 unspecified atom stereocenters. The number of nitriles is 1. The van der Waals surface area contributed by atoms with Crippen molar-refractivity contribution >= 4 is 12.0 Å². The fourth-order valence-corrected chi connectivity index (χ4v) is 2.12. The van der Waals surface area contributed by atoms with Gasteiger partial charge >= 0.3 is 5.97 Å². The van der Waals surface area contributed by atoms with Crippen LogP contribution in [0.2, 0.25) is 0 Å². The average molecular weight is 277 g/mol. The monoisotopic (exact) mass is 277 g/mol. The predicted octanol–water partition coefficient (Wildman–Crippen LogP) is 3.54. The number of hydrogen-bond acceptors (Lipinski definition) is 2. The normalized spacial score (nSPS) is 12.4. The highest BCUT2D eigenvalue weighted by molar-refractivity contribution is 5.93. The van der Waals surface area contributed by atoms with Crippen molar-refractivity contribution in [3.8, 4) is 6.07 Å². The lowest BCUT2D eigenvalue weighted by Gasteiger charge is -2.10. The van der Waals surface area contributed by atoms with Crippen LogP contribution in [0.1, 0.15) is 11.1 Å². The molecule has 0 spiro atoms. The van der Waals surface area contributed by atoms with Gasteiger partial charge in [0, 0.05) is 0 Å². The van der Waals surface area contributed by atoms with Crippen molar-refractivity contribution < 1.29 is 9.90 Å². The molecule has 2 rings (SSSR count). The number of carbonyl (C=O) groups is 1. The van der Waals surface area contributed by atoms with E-state index in [0.29, 0.717) is 6.42 Å². The van der Waals surface area contributed by atoms with E-state index in [2.05, 4.69) is 6.07 Å². The van der Waals surface area contributed by atoms with Gasteiger partial charge in [0.25, 0.3) is 0 Å². The molecule has 2 aromatic carbocycles. The number of carboxylic acid groups (broad SMARTS) is 1. The molecule has 0 aromatic heterocycles. The van der Waals surface area contributed by atoms with Gasteiger partial charge in [-0.3, -0.25) is 0 Å². The summed E-state index contributed by atoms with van der Waals surface area (Å²) in [6.45, 7) is 0. The summed E-state index contributed by atoms with van der Waals surface area (Å²) in [6.07, 6.45) is 1.96. The van der Waals surface area contributed by atoms with Crippen LogP contribution in [0, 0.1) is 17.2 Å². The third-order valence-electron chi connectivity index (χ3n) is 3.18. The molecule has 0 aliphatic rings. The molecule has 0 aliphatic heterocycles. The Morgan fingerprint density at radius 1 is 1.10 bits per heavy atom. The third-order valence-corrected chi connectivity index (χ3v) is 3.18. The van der Waals surface area contributed by atoms with E-state index in [4.69, 9.17) is 0 Å². The maximum Gasteiger partial charge on any atom is 0.332 e. The molecule has 3 heteroatoms. The fraction of sp³-hybridized carbons (Fsp3) is 0.111. The number of aliphatic carboxylic acids is 1. The van der Waals surface area contributed by atoms with Gasteiger partial charge in [-0.1, -0.05) is 60.7 Å². The summed E-state index contributed by atoms with van der Waals surface area (Å²) in [6, 6.07) is 20.7. The van der Waals surface area contributed by atoms with E-state index in [1.807, 2.05) is 60.7 Å². The van der Waals surface area contributed by atoms with E-state index in [1.54, 1.807) is 6.08 Å². The van der Waals surface area contributed by atoms with Gasteiger partial charge in [0.2, 0.25) is 0 Å². The summed E-state index contributed by atoms with van der Waals surface area (Å²) in [5, 5.41) is 18.7. The summed E-state index contributed by atoms with van der Waals surface area (Å²) in [5.74, 6) is -1.73. The molecular formula is C18H15NO2. The Hall–Kier alpha value is -2.86. The second-order valence-electron chi connectivity index (χ2n) is 4.69. The van der Waals surface area contributed by atoms with Crippen molar-refractivity contribution in [1.82, 2.24) is 0 Å². The maximum atomic E-state index is 11.5. The first-order valence-electron chi connectivity index (χ1n) is 6.64. The van der Waals surface area contributed by atoms with E-state index in [0.717, 1.165) is 11.1 Å². The van der Waals surface area contributed by atoms with Crippen LogP contribution >= 0.6 is 0 Å². The highest BCUT2D eigenvalue weighted by atomic mass is 16.4. The lowest BCUT2D eigenvalue weighted by Crippen LogP contribution is -2.13. The van der Waals surface area contributed by atoms with Crippen molar-refractivity contribution in [3.05, 3.63) is 77.4 Å². The van der Waals surface area contributed by atoms with Crippen LogP contribution in [0.25, 0.3) is 6.08 Å². The van der Waals surface area contributed by atoms with Crippen LogP contribution in [0.4, 0.5) is 0 Å². The van der Waals surface area contributed by atoms with Crippen molar-refractivity contribution in [3.63, 3.8) is 0 Å². The zero-order chi connectivity index (χ0) is 15.1. The molecule has 0 saturated heterocycles. The van der Waals surface area contributed by atoms with Crippen LogP contribution in [-0.2, 0) is 11.2 Å². The standard InChI is InChI=1S/C18H15NO2/c19-13-16(11-14-7-3-1-4-8-14)17(18(20)21)12-15-9-5-2-6-10-15/h1-10,12,16H,11H2,(H,20,21). The lowest BCUT2D eigenvalue weighted by atomic mass is 9.91. The predicted molar refractivity (Wildman–Crippen MR) is 81.3 cm³/mol. The number of nitrogens with zero attached hydrogens (tertiary/aromatic N) is 1. The number of hydrogen-bond donors (Lipinski definition) is 1. The quantitative estimate of drug-likeness (QED) is 0.850. The Morgan fingerprint density at radius 2 is 1.67 bits per heavy atom. The van der Waals surface area contributed by atoms with Gasteiger partial charge in [0.15, 0.2) is 0 Å². The molecule has 1 N–H and O–H groups in total. The lowest BCUT2D eigenvalue weighted by molar-refractivity contribution is -0.133. The summed E-state index contributed by atoms with van der Waals surface area (Å²) in [4.78, 5) is 11.5. The SMILES string of the molecule is N#CC(Cc1ccccc1)C(=Cc1ccccc1)C(=O)O. The molecular weight excluding hydrogens is 262 g/mol. The molecule has 0 bridgehead atoms. The first-order valence-corrected chi connectivity index (χ1v) is 6.64. The zero-order valence-electron chi connectivity index (χ0n) is 11.4. The minimum Gasteiger partial charge on any atom is -0.478 e. The van der Waals surface area contributed by atoms with E-state index in [9.17, 15) is 15.2 Å². The zero-order valence-corrected chi connectivity index (χ0v) is 11.4. The fourth-order valence-electron chi connectivity index (χ4n) is 2.12. The molecule has 104 valence electrons. The largest absolute Gasteiger partial charge is 0.478 e. The van der Waals surface area contributed by atoms with Crippen LogP contribution < -0.4 is 0 Å². The van der Waals surface area contributed by atoms with Crippen LogP contribution in [-0.4, -0.2) is 11.1 Å². The number of carboxylic acids is 1. The summed E-state index contributed by atoms with van der Waals surface area (Å²) in [5.41, 5.74) is 1.85. The number of rotatable bonds is 5. The molecule has 0 amide bonds. The Bertz CT molecular complexity index is 669. The summed E-state index contributed by atoms with van der Waals surface area (Å²) < 4.78 is 0. The van der Waals surface area contributed by atoms with Crippen LogP contribution in [0.15, 0.2) is 66.2 Å². The average Bonchev–Trinajstić information content (AvgIpc) is 2.52. The molecule has 2 aromatic rings. The summed E-state index contributed by atoms with van der Waals surface area (Å²) >= 11 is 0. The molecule has 0 fully saturated rings. The Morgan fingerprint density at radius 3 is 2.19 bits per heavy atom. The molecule has 3 nitrogen and oxygen atoms in total. The second-order valence-corrected chi connectivity index (χ2v) is 4.69. The minimum atomic E-state index is -1.05. The Kier molecular flexibility index (Phi) is 4.89. The van der Waals surface area contributed by atoms with Gasteiger partial charge in [-0.25, -0.2) is 4.79 Å². The second kappa shape index (κ2) is 7.06. The molecule has 0 aliphatic carbocycles. The van der Waals surface area contributed by atoms with Gasteiger partial charge in [-0.05, 0) is 23.6 Å². The maximum absolute atomic E-state index is 11.5. The van der Waals surface area contributed by atoms with Crippen molar-refractivity contribution in [2.75, 3.05) is 0 Å². The van der Waals surface area contributed by atoms with Gasteiger partial charge in [0.05, 0.1) is 17.6 Å². The van der Waals surface area contributed by atoms with Gasteiger partial charge in [-0.2, -0.15) is 5.26 Å². The highest BCUT2D eigenvalue weighted by Gasteiger charge is 2.20. The Balaban J connectivity index is 2.30. The van der Waals surface area contributed by atoms with Crippen molar-refractivity contribution in [1.29, 1.82) is 5.26 Å². The van der Waals surface area contributed by atoms with E-state index in [1.165, 1.54) is 0 Å². The Labute approximate surface area is 123 Å². The first-order chi connectivity index (χ1) is 10.2. The molecule has 0 radical (unpaired) electrons. The van der Waals surface area contributed by atoms with Crippen molar-refractivity contribution in [2.24, 2.45) is 5.92 Å². The third kappa shape index (κ3) is 4.05. The smallest absolute Gasteiger partial charge is 0.332 e. The minimum absolute atomic E-state index is 0.118. The van der Waals surface area contributed by atoms with Crippen LogP contribution in [0.3, 0.4) is 0 Å². The van der Waals surface area contributed by atoms with E-state index in [-0.39, 0.29) is 5.57 Å². The molecule has 0 heterocycles. The number of benzene rings is 2. The molecule has 1 atom stereocenters. The van der Waals surface area contributed by atoms with Crippen molar-refractivity contribution in [2.45, 2.75) is 6.42 Å². The highest BCUT2D eigenvalue weighted by Crippen LogP contribution is 2.20. The van der Waals surface area contributed by atoms with Crippen LogP contribution in [0.5, 0.6) is 0 Å². The summed E-state index contributed by atoms with van der Waals surface area (Å²) in [7, 11) is 0. The molecule has 21 heavy (non-hydrogen) atoms. The van der Waals surface area contributed by atoms with Gasteiger partial charge < -0.3 is 5.11 Å². The topological polar surface area (TPSA) is 61.1 Å². The van der Waals surface area contributed by atoms with E-state index < -0.39 is 11.9 Å². The first kappa shape index (κ1) is 14.5. The van der Waals surface area contributed by atoms with Gasteiger partial charge in [0.1, 0.15) is 0 Å².